The number of hydrogen-bond donors (Lipinski definition) is 1. The van der Waals surface area contributed by atoms with Crippen LogP contribution in [0.3, 0.4) is 0 Å². The van der Waals surface area contributed by atoms with Crippen LogP contribution in [-0.2, 0) is 15.9 Å². The van der Waals surface area contributed by atoms with Crippen molar-refractivity contribution < 1.29 is 14.3 Å². The molecule has 6 nitrogen and oxygen atoms in total. The average Bonchev–Trinajstić information content (AvgIpc) is 3.10. The van der Waals surface area contributed by atoms with E-state index in [2.05, 4.69) is 15.5 Å². The van der Waals surface area contributed by atoms with Gasteiger partial charge in [0.05, 0.1) is 18.8 Å². The molecule has 104 valence electrons. The lowest BCUT2D eigenvalue weighted by atomic mass is 10.1. The number of alkyl carbamates (subject to hydrolysis) is 1. The molecule has 2 atom stereocenters. The largest absolute Gasteiger partial charge is 0.444 e. The second-order valence-corrected chi connectivity index (χ2v) is 5.58. The van der Waals surface area contributed by atoms with Gasteiger partial charge in [0, 0.05) is 6.20 Å². The van der Waals surface area contributed by atoms with Gasteiger partial charge in [-0.15, -0.1) is 0 Å². The molecule has 6 heteroatoms. The highest BCUT2D eigenvalue weighted by molar-refractivity contribution is 5.68. The molecule has 1 aromatic heterocycles. The molecule has 0 aromatic carbocycles. The minimum absolute atomic E-state index is 0.0562. The van der Waals surface area contributed by atoms with E-state index in [-0.39, 0.29) is 12.1 Å². The topological polar surface area (TPSA) is 76.6 Å². The van der Waals surface area contributed by atoms with Gasteiger partial charge in [-0.3, -0.25) is 0 Å². The third-order valence-electron chi connectivity index (χ3n) is 2.61. The SMILES string of the molecule is CC(C)(C)OC(=O)NC(Cc1ccnnc1)C1CO1. The van der Waals surface area contributed by atoms with E-state index >= 15 is 0 Å². The first-order valence-electron chi connectivity index (χ1n) is 6.31. The van der Waals surface area contributed by atoms with Crippen LogP contribution in [0.2, 0.25) is 0 Å². The van der Waals surface area contributed by atoms with E-state index in [9.17, 15) is 4.79 Å². The summed E-state index contributed by atoms with van der Waals surface area (Å²) >= 11 is 0. The molecule has 2 rings (SSSR count). The van der Waals surface area contributed by atoms with Gasteiger partial charge in [0.1, 0.15) is 11.7 Å². The van der Waals surface area contributed by atoms with E-state index in [4.69, 9.17) is 9.47 Å². The van der Waals surface area contributed by atoms with Crippen molar-refractivity contribution in [2.75, 3.05) is 6.61 Å². The molecule has 0 bridgehead atoms. The van der Waals surface area contributed by atoms with Crippen LogP contribution in [0.25, 0.3) is 0 Å². The van der Waals surface area contributed by atoms with Crippen molar-refractivity contribution >= 4 is 6.09 Å². The first kappa shape index (κ1) is 13.7. The fraction of sp³-hybridized carbons (Fsp3) is 0.615. The number of carbonyl (C=O) groups is 1. The molecule has 0 spiro atoms. The summed E-state index contributed by atoms with van der Waals surface area (Å²) in [5.41, 5.74) is 0.503. The molecule has 0 saturated carbocycles. The maximum atomic E-state index is 11.8. The Morgan fingerprint density at radius 3 is 2.84 bits per heavy atom. The lowest BCUT2D eigenvalue weighted by Gasteiger charge is -2.22. The standard InChI is InChI=1S/C13H19N3O3/c1-13(2,3)19-12(17)16-10(11-8-18-11)6-9-4-5-14-15-7-9/h4-5,7,10-11H,6,8H2,1-3H3,(H,16,17). The van der Waals surface area contributed by atoms with Crippen LogP contribution in [0.15, 0.2) is 18.5 Å². The Labute approximate surface area is 112 Å². The van der Waals surface area contributed by atoms with Gasteiger partial charge in [0.25, 0.3) is 0 Å². The fourth-order valence-electron chi connectivity index (χ4n) is 1.71. The molecule has 0 radical (unpaired) electrons. The van der Waals surface area contributed by atoms with Gasteiger partial charge in [-0.25, -0.2) is 4.79 Å². The van der Waals surface area contributed by atoms with E-state index in [1.165, 1.54) is 0 Å². The van der Waals surface area contributed by atoms with Gasteiger partial charge in [-0.05, 0) is 38.8 Å². The van der Waals surface area contributed by atoms with Crippen LogP contribution in [0.5, 0.6) is 0 Å². The van der Waals surface area contributed by atoms with Crippen molar-refractivity contribution in [3.8, 4) is 0 Å². The van der Waals surface area contributed by atoms with Gasteiger partial charge < -0.3 is 14.8 Å². The van der Waals surface area contributed by atoms with Gasteiger partial charge in [0.15, 0.2) is 0 Å². The minimum Gasteiger partial charge on any atom is -0.444 e. The molecule has 2 heterocycles. The molecular formula is C13H19N3O3. The molecular weight excluding hydrogens is 246 g/mol. The predicted molar refractivity (Wildman–Crippen MR) is 68.6 cm³/mol. The van der Waals surface area contributed by atoms with E-state index in [0.717, 1.165) is 5.56 Å². The molecule has 1 fully saturated rings. The second kappa shape index (κ2) is 5.52. The van der Waals surface area contributed by atoms with Crippen molar-refractivity contribution in [2.24, 2.45) is 0 Å². The van der Waals surface area contributed by atoms with E-state index < -0.39 is 11.7 Å². The number of ether oxygens (including phenoxy) is 2. The normalized spacial score (nSPS) is 19.6. The maximum Gasteiger partial charge on any atom is 0.407 e. The summed E-state index contributed by atoms with van der Waals surface area (Å²) in [7, 11) is 0. The Bertz CT molecular complexity index is 427. The molecule has 0 aliphatic carbocycles. The highest BCUT2D eigenvalue weighted by atomic mass is 16.6. The minimum atomic E-state index is -0.503. The smallest absolute Gasteiger partial charge is 0.407 e. The summed E-state index contributed by atoms with van der Waals surface area (Å²) in [6.45, 7) is 6.17. The molecule has 1 aliphatic rings. The lowest BCUT2D eigenvalue weighted by molar-refractivity contribution is 0.0495. The first-order chi connectivity index (χ1) is 8.94. The second-order valence-electron chi connectivity index (χ2n) is 5.58. The van der Waals surface area contributed by atoms with Gasteiger partial charge in [-0.1, -0.05) is 0 Å². The summed E-state index contributed by atoms with van der Waals surface area (Å²) in [6, 6.07) is 1.78. The molecule has 1 aliphatic heterocycles. The van der Waals surface area contributed by atoms with Crippen LogP contribution in [0, 0.1) is 0 Å². The Morgan fingerprint density at radius 2 is 2.32 bits per heavy atom. The summed E-state index contributed by atoms with van der Waals surface area (Å²) < 4.78 is 10.5. The Morgan fingerprint density at radius 1 is 1.58 bits per heavy atom. The van der Waals surface area contributed by atoms with Crippen molar-refractivity contribution in [1.82, 2.24) is 15.5 Å². The zero-order valence-electron chi connectivity index (χ0n) is 11.4. The predicted octanol–water partition coefficient (Wildman–Crippen LogP) is 1.31. The van der Waals surface area contributed by atoms with Crippen LogP contribution in [-0.4, -0.2) is 40.6 Å². The highest BCUT2D eigenvalue weighted by Gasteiger charge is 2.34. The third kappa shape index (κ3) is 4.82. The Kier molecular flexibility index (Phi) is 3.99. The lowest BCUT2D eigenvalue weighted by Crippen LogP contribution is -2.43. The van der Waals surface area contributed by atoms with Crippen molar-refractivity contribution in [1.29, 1.82) is 0 Å². The van der Waals surface area contributed by atoms with Crippen molar-refractivity contribution in [3.05, 3.63) is 24.0 Å². The summed E-state index contributed by atoms with van der Waals surface area (Å²) in [5, 5.41) is 10.4. The van der Waals surface area contributed by atoms with Gasteiger partial charge >= 0.3 is 6.09 Å². The highest BCUT2D eigenvalue weighted by Crippen LogP contribution is 2.18. The molecule has 19 heavy (non-hydrogen) atoms. The Hall–Kier alpha value is -1.69. The van der Waals surface area contributed by atoms with E-state index in [1.54, 1.807) is 12.4 Å². The average molecular weight is 265 g/mol. The van der Waals surface area contributed by atoms with Crippen LogP contribution in [0.4, 0.5) is 4.79 Å². The zero-order chi connectivity index (χ0) is 13.9. The molecule has 1 N–H and O–H groups in total. The summed E-state index contributed by atoms with van der Waals surface area (Å²) in [5.74, 6) is 0. The quantitative estimate of drug-likeness (QED) is 0.831. The maximum absolute atomic E-state index is 11.8. The van der Waals surface area contributed by atoms with E-state index in [0.29, 0.717) is 13.0 Å². The number of nitrogens with one attached hydrogen (secondary N) is 1. The molecule has 1 aromatic rings. The summed E-state index contributed by atoms with van der Waals surface area (Å²) in [6.07, 6.45) is 3.61. The number of aromatic nitrogens is 2. The Balaban J connectivity index is 1.92. The number of rotatable bonds is 4. The number of nitrogens with zero attached hydrogens (tertiary/aromatic N) is 2. The number of hydrogen-bond acceptors (Lipinski definition) is 5. The monoisotopic (exact) mass is 265 g/mol. The number of carbonyl (C=O) groups excluding carboxylic acids is 1. The number of amides is 1. The molecule has 2 unspecified atom stereocenters. The van der Waals surface area contributed by atoms with Crippen molar-refractivity contribution in [2.45, 2.75) is 44.9 Å². The van der Waals surface area contributed by atoms with Gasteiger partial charge in [0.2, 0.25) is 0 Å². The fourth-order valence-corrected chi connectivity index (χ4v) is 1.71. The first-order valence-corrected chi connectivity index (χ1v) is 6.31. The molecule has 1 amide bonds. The van der Waals surface area contributed by atoms with Gasteiger partial charge in [-0.2, -0.15) is 10.2 Å². The zero-order valence-corrected chi connectivity index (χ0v) is 11.4. The van der Waals surface area contributed by atoms with Crippen LogP contribution >= 0.6 is 0 Å². The summed E-state index contributed by atoms with van der Waals surface area (Å²) in [4.78, 5) is 11.8. The van der Waals surface area contributed by atoms with Crippen LogP contribution in [0.1, 0.15) is 26.3 Å². The molecule has 1 saturated heterocycles. The van der Waals surface area contributed by atoms with Crippen molar-refractivity contribution in [3.63, 3.8) is 0 Å². The van der Waals surface area contributed by atoms with E-state index in [1.807, 2.05) is 26.8 Å². The van der Waals surface area contributed by atoms with Crippen LogP contribution < -0.4 is 5.32 Å². The number of epoxide rings is 1. The third-order valence-corrected chi connectivity index (χ3v) is 2.61.